The molecule has 1 rings (SSSR count). The number of rotatable bonds is 5. The van der Waals surface area contributed by atoms with Gasteiger partial charge in [0.1, 0.15) is 0 Å². The number of hydrogen-bond donors (Lipinski definition) is 1. The van der Waals surface area contributed by atoms with Crippen LogP contribution < -0.4 is 0 Å². The van der Waals surface area contributed by atoms with Crippen molar-refractivity contribution in [3.63, 3.8) is 0 Å². The standard InChI is InChI=1S/C11H23N3/c1-3-6-11(12)13(2)9-10-14-7-4-5-8-14/h12H,3-10H2,1-2H3. The summed E-state index contributed by atoms with van der Waals surface area (Å²) in [6, 6.07) is 0. The number of hydrogen-bond acceptors (Lipinski definition) is 2. The van der Waals surface area contributed by atoms with Gasteiger partial charge in [0.05, 0.1) is 5.84 Å². The topological polar surface area (TPSA) is 30.3 Å². The average molecular weight is 197 g/mol. The zero-order valence-corrected chi connectivity index (χ0v) is 9.55. The van der Waals surface area contributed by atoms with Gasteiger partial charge in [-0.1, -0.05) is 6.92 Å². The first-order valence-electron chi connectivity index (χ1n) is 5.75. The largest absolute Gasteiger partial charge is 0.362 e. The third-order valence-corrected chi connectivity index (χ3v) is 2.90. The fourth-order valence-electron chi connectivity index (χ4n) is 1.86. The molecular formula is C11H23N3. The van der Waals surface area contributed by atoms with E-state index in [0.29, 0.717) is 0 Å². The molecule has 0 atom stereocenters. The van der Waals surface area contributed by atoms with Crippen LogP contribution in [0.3, 0.4) is 0 Å². The van der Waals surface area contributed by atoms with E-state index in [-0.39, 0.29) is 0 Å². The third kappa shape index (κ3) is 3.66. The Morgan fingerprint density at radius 3 is 2.57 bits per heavy atom. The lowest BCUT2D eigenvalue weighted by atomic mass is 10.3. The first kappa shape index (κ1) is 11.5. The molecule has 82 valence electrons. The molecule has 1 fully saturated rings. The summed E-state index contributed by atoms with van der Waals surface area (Å²) in [5, 5.41) is 7.78. The van der Waals surface area contributed by atoms with Crippen LogP contribution in [-0.4, -0.2) is 48.9 Å². The molecule has 0 aliphatic carbocycles. The highest BCUT2D eigenvalue weighted by atomic mass is 15.2. The molecule has 0 amide bonds. The molecule has 0 radical (unpaired) electrons. The first-order valence-corrected chi connectivity index (χ1v) is 5.75. The maximum atomic E-state index is 7.78. The molecule has 0 saturated carbocycles. The van der Waals surface area contributed by atoms with Gasteiger partial charge in [0.2, 0.25) is 0 Å². The molecule has 1 saturated heterocycles. The molecule has 3 heteroatoms. The lowest BCUT2D eigenvalue weighted by molar-refractivity contribution is 0.305. The molecular weight excluding hydrogens is 174 g/mol. The fourth-order valence-corrected chi connectivity index (χ4v) is 1.86. The highest BCUT2D eigenvalue weighted by Crippen LogP contribution is 2.06. The van der Waals surface area contributed by atoms with Gasteiger partial charge in [0.15, 0.2) is 0 Å². The van der Waals surface area contributed by atoms with Gasteiger partial charge >= 0.3 is 0 Å². The van der Waals surface area contributed by atoms with Crippen molar-refractivity contribution in [1.82, 2.24) is 9.80 Å². The SMILES string of the molecule is CCCC(=N)N(C)CCN1CCCC1. The molecule has 1 aliphatic heterocycles. The minimum atomic E-state index is 0.784. The fraction of sp³-hybridized carbons (Fsp3) is 0.909. The van der Waals surface area contributed by atoms with Crippen LogP contribution in [0.15, 0.2) is 0 Å². The van der Waals surface area contributed by atoms with E-state index in [9.17, 15) is 0 Å². The zero-order valence-electron chi connectivity index (χ0n) is 9.55. The Hall–Kier alpha value is -0.570. The van der Waals surface area contributed by atoms with Gasteiger partial charge in [-0.05, 0) is 32.4 Å². The molecule has 14 heavy (non-hydrogen) atoms. The van der Waals surface area contributed by atoms with Crippen LogP contribution in [0.25, 0.3) is 0 Å². The van der Waals surface area contributed by atoms with Crippen LogP contribution >= 0.6 is 0 Å². The van der Waals surface area contributed by atoms with Crippen LogP contribution in [-0.2, 0) is 0 Å². The molecule has 0 bridgehead atoms. The minimum absolute atomic E-state index is 0.784. The zero-order chi connectivity index (χ0) is 10.4. The highest BCUT2D eigenvalue weighted by molar-refractivity contribution is 5.78. The summed E-state index contributed by atoms with van der Waals surface area (Å²) in [5.74, 6) is 0.784. The Balaban J connectivity index is 2.13. The number of nitrogens with zero attached hydrogens (tertiary/aromatic N) is 2. The van der Waals surface area contributed by atoms with Crippen molar-refractivity contribution in [3.8, 4) is 0 Å². The summed E-state index contributed by atoms with van der Waals surface area (Å²) >= 11 is 0. The predicted molar refractivity (Wildman–Crippen MR) is 60.9 cm³/mol. The van der Waals surface area contributed by atoms with Crippen molar-refractivity contribution >= 4 is 5.84 Å². The summed E-state index contributed by atoms with van der Waals surface area (Å²) in [7, 11) is 2.04. The maximum Gasteiger partial charge on any atom is 0.0955 e. The molecule has 1 aliphatic rings. The molecule has 0 unspecified atom stereocenters. The summed E-state index contributed by atoms with van der Waals surface area (Å²) in [6.07, 6.45) is 4.70. The lowest BCUT2D eigenvalue weighted by Gasteiger charge is -2.23. The smallest absolute Gasteiger partial charge is 0.0955 e. The monoisotopic (exact) mass is 197 g/mol. The number of likely N-dealkylation sites (N-methyl/N-ethyl adjacent to an activating group) is 1. The van der Waals surface area contributed by atoms with E-state index in [1.165, 1.54) is 25.9 Å². The van der Waals surface area contributed by atoms with Crippen molar-refractivity contribution in [2.75, 3.05) is 33.2 Å². The molecule has 0 aromatic carbocycles. The van der Waals surface area contributed by atoms with Crippen molar-refractivity contribution in [2.45, 2.75) is 32.6 Å². The van der Waals surface area contributed by atoms with Gasteiger partial charge in [-0.3, -0.25) is 5.41 Å². The van der Waals surface area contributed by atoms with Crippen LogP contribution in [0.5, 0.6) is 0 Å². The van der Waals surface area contributed by atoms with Crippen molar-refractivity contribution in [3.05, 3.63) is 0 Å². The van der Waals surface area contributed by atoms with Gasteiger partial charge < -0.3 is 9.80 Å². The number of nitrogens with one attached hydrogen (secondary N) is 1. The lowest BCUT2D eigenvalue weighted by Crippen LogP contribution is -2.34. The molecule has 1 heterocycles. The van der Waals surface area contributed by atoms with E-state index in [4.69, 9.17) is 5.41 Å². The van der Waals surface area contributed by atoms with E-state index < -0.39 is 0 Å². The van der Waals surface area contributed by atoms with E-state index in [2.05, 4.69) is 16.7 Å². The molecule has 0 spiro atoms. The van der Waals surface area contributed by atoms with E-state index in [0.717, 1.165) is 31.8 Å². The Morgan fingerprint density at radius 1 is 1.36 bits per heavy atom. The summed E-state index contributed by atoms with van der Waals surface area (Å²) in [6.45, 7) is 6.79. The quantitative estimate of drug-likeness (QED) is 0.538. The van der Waals surface area contributed by atoms with Gasteiger partial charge in [-0.15, -0.1) is 0 Å². The Labute approximate surface area is 87.6 Å². The summed E-state index contributed by atoms with van der Waals surface area (Å²) in [5.41, 5.74) is 0. The van der Waals surface area contributed by atoms with E-state index in [1.54, 1.807) is 0 Å². The van der Waals surface area contributed by atoms with Crippen molar-refractivity contribution in [2.24, 2.45) is 0 Å². The van der Waals surface area contributed by atoms with Gasteiger partial charge in [0, 0.05) is 26.6 Å². The Morgan fingerprint density at radius 2 is 2.00 bits per heavy atom. The second kappa shape index (κ2) is 6.02. The molecule has 0 aromatic heterocycles. The average Bonchev–Trinajstić information content (AvgIpc) is 2.67. The predicted octanol–water partition coefficient (Wildman–Crippen LogP) is 1.79. The molecule has 0 aromatic rings. The second-order valence-corrected chi connectivity index (χ2v) is 4.17. The van der Waals surface area contributed by atoms with Crippen molar-refractivity contribution < 1.29 is 0 Å². The number of amidine groups is 1. The van der Waals surface area contributed by atoms with Crippen molar-refractivity contribution in [1.29, 1.82) is 5.41 Å². The first-order chi connectivity index (χ1) is 6.74. The normalized spacial score (nSPS) is 17.3. The minimum Gasteiger partial charge on any atom is -0.362 e. The molecule has 3 nitrogen and oxygen atoms in total. The highest BCUT2D eigenvalue weighted by Gasteiger charge is 2.12. The second-order valence-electron chi connectivity index (χ2n) is 4.17. The van der Waals surface area contributed by atoms with Crippen LogP contribution in [0.1, 0.15) is 32.6 Å². The maximum absolute atomic E-state index is 7.78. The Bertz CT molecular complexity index is 173. The molecule has 1 N–H and O–H groups in total. The summed E-state index contributed by atoms with van der Waals surface area (Å²) in [4.78, 5) is 4.58. The number of likely N-dealkylation sites (tertiary alicyclic amines) is 1. The van der Waals surface area contributed by atoms with Gasteiger partial charge in [-0.25, -0.2) is 0 Å². The Kier molecular flexibility index (Phi) is 4.94. The van der Waals surface area contributed by atoms with Crippen LogP contribution in [0, 0.1) is 5.41 Å². The van der Waals surface area contributed by atoms with Gasteiger partial charge in [0.25, 0.3) is 0 Å². The van der Waals surface area contributed by atoms with E-state index in [1.807, 2.05) is 7.05 Å². The summed E-state index contributed by atoms with van der Waals surface area (Å²) < 4.78 is 0. The third-order valence-electron chi connectivity index (χ3n) is 2.90. The van der Waals surface area contributed by atoms with Crippen LogP contribution in [0.4, 0.5) is 0 Å². The van der Waals surface area contributed by atoms with E-state index >= 15 is 0 Å². The van der Waals surface area contributed by atoms with Crippen LogP contribution in [0.2, 0.25) is 0 Å². The van der Waals surface area contributed by atoms with Gasteiger partial charge in [-0.2, -0.15) is 0 Å².